The van der Waals surface area contributed by atoms with Gasteiger partial charge in [0.1, 0.15) is 5.82 Å². The molecule has 5 nitrogen and oxygen atoms in total. The van der Waals surface area contributed by atoms with Crippen molar-refractivity contribution in [1.29, 1.82) is 0 Å². The minimum atomic E-state index is -4.47. The Balaban J connectivity index is 1.96. The molecule has 3 heterocycles. The lowest BCUT2D eigenvalue weighted by Crippen LogP contribution is -2.47. The molecule has 1 aliphatic rings. The first-order valence-corrected chi connectivity index (χ1v) is 9.21. The minimum absolute atomic E-state index is 0.113. The highest BCUT2D eigenvalue weighted by Gasteiger charge is 2.42. The van der Waals surface area contributed by atoms with Crippen molar-refractivity contribution < 1.29 is 22.0 Å². The Morgan fingerprint density at radius 2 is 2.14 bits per heavy atom. The van der Waals surface area contributed by atoms with Crippen LogP contribution in [0.5, 0.6) is 0 Å². The highest BCUT2D eigenvalue weighted by atomic mass is 79.9. The zero-order valence-corrected chi connectivity index (χ0v) is 16.1. The fourth-order valence-electron chi connectivity index (χ4n) is 3.78. The zero-order chi connectivity index (χ0) is 20.2. The van der Waals surface area contributed by atoms with Gasteiger partial charge < -0.3 is 4.42 Å². The molecule has 0 radical (unpaired) electrons. The van der Waals surface area contributed by atoms with E-state index in [1.165, 1.54) is 17.2 Å². The van der Waals surface area contributed by atoms with Gasteiger partial charge in [-0.15, -0.1) is 0 Å². The first kappa shape index (κ1) is 19.1. The second kappa shape index (κ2) is 6.70. The molecule has 0 bridgehead atoms. The molecule has 28 heavy (non-hydrogen) atoms. The number of alkyl halides is 3. The smallest absolute Gasteiger partial charge is 0.408 e. The Hall–Kier alpha value is -2.20. The standard InChI is InChI=1S/C18H14BrF4N3O2/c1-8-4-11-10(2-3-13-16(11)28-17(27)25-13)15(26(8)7-18(21,22)23)14-12(20)5-9(19)6-24-14/h2-3,5-6,8,15H,4,7H2,1H3,(H,25,27)/t8-,15?/m1/s1. The van der Waals surface area contributed by atoms with Crippen LogP contribution >= 0.6 is 15.9 Å². The summed E-state index contributed by atoms with van der Waals surface area (Å²) in [4.78, 5) is 19.4. The molecule has 2 aromatic heterocycles. The molecule has 0 fully saturated rings. The Labute approximate surface area is 164 Å². The highest BCUT2D eigenvalue weighted by molar-refractivity contribution is 9.10. The van der Waals surface area contributed by atoms with Crippen LogP contribution in [0, 0.1) is 5.82 Å². The molecule has 0 amide bonds. The molecule has 1 N–H and O–H groups in total. The number of benzene rings is 1. The number of hydrogen-bond acceptors (Lipinski definition) is 4. The molecule has 10 heteroatoms. The molecule has 148 valence electrons. The van der Waals surface area contributed by atoms with Gasteiger partial charge in [0.15, 0.2) is 5.58 Å². The Morgan fingerprint density at radius 3 is 2.82 bits per heavy atom. The molecule has 1 aliphatic heterocycles. The number of hydrogen-bond donors (Lipinski definition) is 1. The highest BCUT2D eigenvalue weighted by Crippen LogP contribution is 2.42. The maximum absolute atomic E-state index is 14.7. The average molecular weight is 460 g/mol. The zero-order valence-electron chi connectivity index (χ0n) is 14.5. The minimum Gasteiger partial charge on any atom is -0.408 e. The SMILES string of the molecule is C[C@@H]1Cc2c(ccc3[nH]c(=O)oc23)C(c2ncc(Br)cc2F)N1CC(F)(F)F. The van der Waals surface area contributed by atoms with E-state index in [1.54, 1.807) is 19.1 Å². The summed E-state index contributed by atoms with van der Waals surface area (Å²) >= 11 is 3.11. The molecule has 1 aromatic carbocycles. The molecule has 0 aliphatic carbocycles. The van der Waals surface area contributed by atoms with Crippen LogP contribution < -0.4 is 5.76 Å². The summed E-state index contributed by atoms with van der Waals surface area (Å²) in [5.74, 6) is -1.37. The number of fused-ring (bicyclic) bond motifs is 3. The number of aromatic amines is 1. The molecule has 0 spiro atoms. The van der Waals surface area contributed by atoms with E-state index in [0.717, 1.165) is 0 Å². The van der Waals surface area contributed by atoms with Crippen LogP contribution in [0.25, 0.3) is 11.1 Å². The van der Waals surface area contributed by atoms with Crippen LogP contribution in [0.4, 0.5) is 17.6 Å². The third-order valence-corrected chi connectivity index (χ3v) is 5.31. The molecular formula is C18H14BrF4N3O2. The topological polar surface area (TPSA) is 62.1 Å². The van der Waals surface area contributed by atoms with E-state index in [2.05, 4.69) is 25.9 Å². The van der Waals surface area contributed by atoms with E-state index >= 15 is 0 Å². The van der Waals surface area contributed by atoms with Crippen LogP contribution in [0.2, 0.25) is 0 Å². The Morgan fingerprint density at radius 1 is 1.39 bits per heavy atom. The van der Waals surface area contributed by atoms with Gasteiger partial charge in [0.05, 0.1) is 23.8 Å². The predicted molar refractivity (Wildman–Crippen MR) is 96.5 cm³/mol. The summed E-state index contributed by atoms with van der Waals surface area (Å²) in [6.45, 7) is 0.409. The number of halogens is 5. The quantitative estimate of drug-likeness (QED) is 0.579. The fourth-order valence-corrected chi connectivity index (χ4v) is 4.09. The van der Waals surface area contributed by atoms with Gasteiger partial charge in [-0.25, -0.2) is 9.18 Å². The van der Waals surface area contributed by atoms with Crippen LogP contribution in [0.1, 0.15) is 29.8 Å². The van der Waals surface area contributed by atoms with Crippen molar-refractivity contribution in [3.8, 4) is 0 Å². The second-order valence-electron chi connectivity index (χ2n) is 6.79. The molecule has 2 atom stereocenters. The first-order valence-electron chi connectivity index (χ1n) is 8.42. The van der Waals surface area contributed by atoms with Crippen molar-refractivity contribution in [3.63, 3.8) is 0 Å². The van der Waals surface area contributed by atoms with E-state index < -0.39 is 36.4 Å². The lowest BCUT2D eigenvalue weighted by molar-refractivity contribution is -0.155. The van der Waals surface area contributed by atoms with Gasteiger partial charge in [-0.2, -0.15) is 13.2 Å². The van der Waals surface area contributed by atoms with Gasteiger partial charge >= 0.3 is 11.9 Å². The first-order chi connectivity index (χ1) is 13.1. The summed E-state index contributed by atoms with van der Waals surface area (Å²) < 4.78 is 60.1. The van der Waals surface area contributed by atoms with Gasteiger partial charge in [0.2, 0.25) is 0 Å². The molecule has 0 saturated carbocycles. The van der Waals surface area contributed by atoms with Gasteiger partial charge in [-0.3, -0.25) is 14.9 Å². The average Bonchev–Trinajstić information content (AvgIpc) is 2.96. The van der Waals surface area contributed by atoms with Gasteiger partial charge in [0, 0.05) is 22.3 Å². The second-order valence-corrected chi connectivity index (χ2v) is 7.70. The lowest BCUT2D eigenvalue weighted by atomic mass is 9.86. The van der Waals surface area contributed by atoms with Crippen LogP contribution in [-0.4, -0.2) is 33.6 Å². The molecule has 0 saturated heterocycles. The Bertz CT molecular complexity index is 1110. The number of pyridine rings is 1. The number of rotatable bonds is 2. The molecule has 1 unspecified atom stereocenters. The number of aromatic nitrogens is 2. The van der Waals surface area contributed by atoms with Crippen molar-refractivity contribution in [2.75, 3.05) is 6.54 Å². The van der Waals surface area contributed by atoms with Crippen LogP contribution in [0.3, 0.4) is 0 Å². The van der Waals surface area contributed by atoms with Crippen LogP contribution in [0.15, 0.2) is 38.1 Å². The third kappa shape index (κ3) is 3.35. The largest absolute Gasteiger partial charge is 0.417 e. The Kier molecular flexibility index (Phi) is 4.58. The van der Waals surface area contributed by atoms with E-state index in [1.807, 2.05) is 0 Å². The fraction of sp³-hybridized carbons (Fsp3) is 0.333. The van der Waals surface area contributed by atoms with E-state index in [0.29, 0.717) is 21.1 Å². The third-order valence-electron chi connectivity index (χ3n) is 4.88. The van der Waals surface area contributed by atoms with Crippen molar-refractivity contribution in [3.05, 3.63) is 62.1 Å². The molecule has 3 aromatic rings. The van der Waals surface area contributed by atoms with E-state index in [-0.39, 0.29) is 17.7 Å². The number of nitrogens with one attached hydrogen (secondary N) is 1. The lowest BCUT2D eigenvalue weighted by Gasteiger charge is -2.41. The van der Waals surface area contributed by atoms with E-state index in [4.69, 9.17) is 4.42 Å². The van der Waals surface area contributed by atoms with Crippen molar-refractivity contribution in [2.24, 2.45) is 0 Å². The van der Waals surface area contributed by atoms with Crippen LogP contribution in [-0.2, 0) is 6.42 Å². The van der Waals surface area contributed by atoms with Crippen molar-refractivity contribution >= 4 is 27.0 Å². The number of oxazole rings is 1. The van der Waals surface area contributed by atoms with Gasteiger partial charge in [-0.05, 0) is 47.0 Å². The predicted octanol–water partition coefficient (Wildman–Crippen LogP) is 4.32. The van der Waals surface area contributed by atoms with Crippen molar-refractivity contribution in [2.45, 2.75) is 31.6 Å². The molecule has 4 rings (SSSR count). The number of H-pyrrole nitrogens is 1. The summed E-state index contributed by atoms with van der Waals surface area (Å²) in [6, 6.07) is 2.64. The van der Waals surface area contributed by atoms with E-state index in [9.17, 15) is 22.4 Å². The summed E-state index contributed by atoms with van der Waals surface area (Å²) in [5, 5.41) is 0. The monoisotopic (exact) mass is 459 g/mol. The molecular weight excluding hydrogens is 446 g/mol. The summed E-state index contributed by atoms with van der Waals surface area (Å²) in [5.41, 5.74) is 1.63. The summed E-state index contributed by atoms with van der Waals surface area (Å²) in [6.07, 6.45) is -2.91. The van der Waals surface area contributed by atoms with Gasteiger partial charge in [0.25, 0.3) is 0 Å². The van der Waals surface area contributed by atoms with Crippen molar-refractivity contribution in [1.82, 2.24) is 14.9 Å². The summed E-state index contributed by atoms with van der Waals surface area (Å²) in [7, 11) is 0. The normalized spacial score (nSPS) is 20.5. The van der Waals surface area contributed by atoms with Gasteiger partial charge in [-0.1, -0.05) is 6.07 Å². The maximum Gasteiger partial charge on any atom is 0.417 e. The maximum atomic E-state index is 14.7. The number of nitrogens with zero attached hydrogens (tertiary/aromatic N) is 2.